The number of halogens is 1. The fourth-order valence-electron chi connectivity index (χ4n) is 4.17. The van der Waals surface area contributed by atoms with Crippen molar-refractivity contribution in [1.29, 1.82) is 0 Å². The lowest BCUT2D eigenvalue weighted by Crippen LogP contribution is -2.45. The summed E-state index contributed by atoms with van der Waals surface area (Å²) in [5.41, 5.74) is 0.529. The molecule has 0 N–H and O–H groups in total. The number of alkyl halides is 1. The number of hydrogen-bond acceptors (Lipinski definition) is 6. The number of fused-ring (bicyclic) bond motifs is 1. The van der Waals surface area contributed by atoms with Crippen molar-refractivity contribution >= 4 is 17.7 Å². The van der Waals surface area contributed by atoms with Gasteiger partial charge in [0.15, 0.2) is 17.1 Å². The maximum atomic E-state index is 12.4. The fourth-order valence-corrected chi connectivity index (χ4v) is 4.24. The van der Waals surface area contributed by atoms with E-state index in [0.29, 0.717) is 43.6 Å². The van der Waals surface area contributed by atoms with Crippen LogP contribution in [0.25, 0.3) is 0 Å². The number of carbonyl (C=O) groups excluding carboxylic acids is 1. The lowest BCUT2D eigenvalue weighted by Gasteiger charge is -2.38. The second-order valence-electron chi connectivity index (χ2n) is 7.86. The van der Waals surface area contributed by atoms with Crippen LogP contribution in [0.15, 0.2) is 42.5 Å². The number of amides is 1. The van der Waals surface area contributed by atoms with E-state index in [1.54, 1.807) is 11.8 Å². The summed E-state index contributed by atoms with van der Waals surface area (Å²) in [5.74, 6) is 3.25. The summed E-state index contributed by atoms with van der Waals surface area (Å²) in [7, 11) is 0. The molecule has 0 aliphatic carbocycles. The first-order chi connectivity index (χ1) is 15.5. The molecular formula is C24H28ClNO6. The summed E-state index contributed by atoms with van der Waals surface area (Å²) in [6.07, 6.45) is 0.403. The highest BCUT2D eigenvalue weighted by Crippen LogP contribution is 2.37. The van der Waals surface area contributed by atoms with Crippen molar-refractivity contribution in [3.63, 3.8) is 0 Å². The Hall–Kier alpha value is -2.80. The van der Waals surface area contributed by atoms with Crippen LogP contribution in [-0.2, 0) is 4.74 Å². The van der Waals surface area contributed by atoms with E-state index >= 15 is 0 Å². The van der Waals surface area contributed by atoms with Crippen molar-refractivity contribution in [3.8, 4) is 23.0 Å². The van der Waals surface area contributed by atoms with E-state index in [9.17, 15) is 4.79 Å². The number of ether oxygens (including phenoxy) is 5. The van der Waals surface area contributed by atoms with Crippen LogP contribution in [0.1, 0.15) is 31.7 Å². The molecular weight excluding hydrogens is 434 g/mol. The highest BCUT2D eigenvalue weighted by molar-refractivity contribution is 6.19. The summed E-state index contributed by atoms with van der Waals surface area (Å²) >= 11 is 5.85. The predicted octanol–water partition coefficient (Wildman–Crippen LogP) is 5.02. The third-order valence-corrected chi connectivity index (χ3v) is 5.77. The number of nitrogens with zero attached hydrogens (tertiary/aromatic N) is 1. The quantitative estimate of drug-likeness (QED) is 0.539. The molecule has 3 atom stereocenters. The van der Waals surface area contributed by atoms with Crippen LogP contribution >= 0.6 is 11.6 Å². The van der Waals surface area contributed by atoms with Gasteiger partial charge in [-0.05, 0) is 56.0 Å². The molecule has 2 aromatic carbocycles. The molecule has 0 saturated carbocycles. The molecule has 3 unspecified atom stereocenters. The molecule has 8 heteroatoms. The minimum Gasteiger partial charge on any atom is -0.494 e. The number of piperidine rings is 1. The molecule has 32 heavy (non-hydrogen) atoms. The Morgan fingerprint density at radius 3 is 2.62 bits per heavy atom. The Morgan fingerprint density at radius 1 is 1.12 bits per heavy atom. The first-order valence-corrected chi connectivity index (χ1v) is 11.3. The lowest BCUT2D eigenvalue weighted by atomic mass is 9.81. The van der Waals surface area contributed by atoms with Gasteiger partial charge >= 0.3 is 6.09 Å². The minimum atomic E-state index is -0.672. The molecule has 1 saturated heterocycles. The van der Waals surface area contributed by atoms with E-state index in [1.165, 1.54) is 5.56 Å². The van der Waals surface area contributed by atoms with Gasteiger partial charge in [0.2, 0.25) is 6.79 Å². The SMILES string of the molecule is CCOc1ccc(C2CCN(C(=O)OC(C)Cl)CC2COc2ccc3c(c2)OCO3)cc1. The van der Waals surface area contributed by atoms with Crippen LogP contribution in [0, 0.1) is 5.92 Å². The summed E-state index contributed by atoms with van der Waals surface area (Å²) in [5, 5.41) is 0. The highest BCUT2D eigenvalue weighted by atomic mass is 35.5. The molecule has 7 nitrogen and oxygen atoms in total. The Labute approximate surface area is 193 Å². The molecule has 2 aliphatic heterocycles. The molecule has 1 amide bonds. The summed E-state index contributed by atoms with van der Waals surface area (Å²) in [6.45, 7) is 6.01. The second kappa shape index (κ2) is 10.2. The fraction of sp³-hybridized carbons (Fsp3) is 0.458. The predicted molar refractivity (Wildman–Crippen MR) is 120 cm³/mol. The van der Waals surface area contributed by atoms with E-state index in [2.05, 4.69) is 12.1 Å². The van der Waals surface area contributed by atoms with Crippen molar-refractivity contribution < 1.29 is 28.5 Å². The van der Waals surface area contributed by atoms with Crippen LogP contribution < -0.4 is 18.9 Å². The Balaban J connectivity index is 1.48. The van der Waals surface area contributed by atoms with Gasteiger partial charge in [-0.3, -0.25) is 0 Å². The van der Waals surface area contributed by atoms with Gasteiger partial charge in [-0.15, -0.1) is 0 Å². The zero-order valence-corrected chi connectivity index (χ0v) is 19.0. The molecule has 0 spiro atoms. The number of likely N-dealkylation sites (tertiary alicyclic amines) is 1. The topological polar surface area (TPSA) is 66.5 Å². The Morgan fingerprint density at radius 2 is 1.88 bits per heavy atom. The normalized spacial score (nSPS) is 20.5. The molecule has 2 aromatic rings. The monoisotopic (exact) mass is 461 g/mol. The molecule has 0 aromatic heterocycles. The number of benzene rings is 2. The molecule has 2 aliphatic rings. The van der Waals surface area contributed by atoms with Crippen molar-refractivity contribution in [2.75, 3.05) is 33.1 Å². The first kappa shape index (κ1) is 22.4. The van der Waals surface area contributed by atoms with Gasteiger partial charge in [-0.2, -0.15) is 0 Å². The second-order valence-corrected chi connectivity index (χ2v) is 8.47. The minimum absolute atomic E-state index is 0.0744. The van der Waals surface area contributed by atoms with Gasteiger partial charge in [0.1, 0.15) is 11.5 Å². The third kappa shape index (κ3) is 5.33. The average molecular weight is 462 g/mol. The maximum Gasteiger partial charge on any atom is 0.411 e. The first-order valence-electron chi connectivity index (χ1n) is 10.9. The number of rotatable bonds is 7. The number of hydrogen-bond donors (Lipinski definition) is 0. The summed E-state index contributed by atoms with van der Waals surface area (Å²) < 4.78 is 27.7. The molecule has 2 heterocycles. The summed E-state index contributed by atoms with van der Waals surface area (Å²) in [6, 6.07) is 13.7. The van der Waals surface area contributed by atoms with Crippen LogP contribution in [-0.4, -0.2) is 49.7 Å². The van der Waals surface area contributed by atoms with Crippen molar-refractivity contribution in [2.24, 2.45) is 5.92 Å². The van der Waals surface area contributed by atoms with Crippen LogP contribution in [0.5, 0.6) is 23.0 Å². The van der Waals surface area contributed by atoms with Gasteiger partial charge < -0.3 is 28.6 Å². The Kier molecular flexibility index (Phi) is 7.15. The zero-order chi connectivity index (χ0) is 22.5. The van der Waals surface area contributed by atoms with E-state index < -0.39 is 11.7 Å². The van der Waals surface area contributed by atoms with Gasteiger partial charge in [-0.1, -0.05) is 23.7 Å². The largest absolute Gasteiger partial charge is 0.494 e. The van der Waals surface area contributed by atoms with E-state index in [-0.39, 0.29) is 18.6 Å². The van der Waals surface area contributed by atoms with Crippen LogP contribution in [0.4, 0.5) is 4.79 Å². The zero-order valence-electron chi connectivity index (χ0n) is 18.3. The van der Waals surface area contributed by atoms with Crippen LogP contribution in [0.3, 0.4) is 0 Å². The van der Waals surface area contributed by atoms with Gasteiger partial charge in [0.05, 0.1) is 13.2 Å². The lowest BCUT2D eigenvalue weighted by molar-refractivity contribution is 0.0640. The van der Waals surface area contributed by atoms with Gasteiger partial charge in [0, 0.05) is 25.1 Å². The molecule has 4 rings (SSSR count). The molecule has 1 fully saturated rings. The average Bonchev–Trinajstić information content (AvgIpc) is 3.26. The van der Waals surface area contributed by atoms with Crippen LogP contribution in [0.2, 0.25) is 0 Å². The van der Waals surface area contributed by atoms with E-state index in [1.807, 2.05) is 37.3 Å². The smallest absolute Gasteiger partial charge is 0.411 e. The van der Waals surface area contributed by atoms with Gasteiger partial charge in [-0.25, -0.2) is 4.79 Å². The maximum absolute atomic E-state index is 12.4. The van der Waals surface area contributed by atoms with E-state index in [4.69, 9.17) is 35.3 Å². The van der Waals surface area contributed by atoms with Gasteiger partial charge in [0.25, 0.3) is 0 Å². The van der Waals surface area contributed by atoms with Crippen molar-refractivity contribution in [1.82, 2.24) is 4.90 Å². The van der Waals surface area contributed by atoms with Crippen molar-refractivity contribution in [2.45, 2.75) is 31.7 Å². The third-order valence-electron chi connectivity index (χ3n) is 5.68. The molecule has 172 valence electrons. The molecule has 0 bridgehead atoms. The highest BCUT2D eigenvalue weighted by Gasteiger charge is 2.34. The number of carbonyl (C=O) groups is 1. The standard InChI is InChI=1S/C24H28ClNO6/c1-3-28-19-6-4-17(5-7-19)21-10-11-26(24(27)32-16(2)25)13-18(21)14-29-20-8-9-22-23(12-20)31-15-30-22/h4-9,12,16,18,21H,3,10-11,13-15H2,1-2H3. The van der Waals surface area contributed by atoms with Crippen molar-refractivity contribution in [3.05, 3.63) is 48.0 Å². The molecule has 0 radical (unpaired) electrons. The Bertz CT molecular complexity index is 919. The summed E-state index contributed by atoms with van der Waals surface area (Å²) in [4.78, 5) is 14.2. The van der Waals surface area contributed by atoms with E-state index in [0.717, 1.165) is 12.2 Å².